The summed E-state index contributed by atoms with van der Waals surface area (Å²) in [5.41, 5.74) is 0.495. The minimum atomic E-state index is -4.10. The van der Waals surface area contributed by atoms with Crippen molar-refractivity contribution >= 4 is 27.6 Å². The van der Waals surface area contributed by atoms with Crippen molar-refractivity contribution in [2.75, 3.05) is 14.2 Å². The molecule has 0 bridgehead atoms. The van der Waals surface area contributed by atoms with Crippen LogP contribution in [0, 0.1) is 0 Å². The lowest BCUT2D eigenvalue weighted by Crippen LogP contribution is -2.14. The van der Waals surface area contributed by atoms with Crippen molar-refractivity contribution in [2.24, 2.45) is 5.14 Å². The quantitative estimate of drug-likeness (QED) is 0.533. The minimum Gasteiger partial charge on any atom is -0.497 e. The van der Waals surface area contributed by atoms with Crippen LogP contribution in [0.5, 0.6) is 11.5 Å². The molecule has 0 aliphatic rings. The van der Waals surface area contributed by atoms with Gasteiger partial charge in [0.1, 0.15) is 16.4 Å². The van der Waals surface area contributed by atoms with Crippen LogP contribution in [0.4, 0.5) is 0 Å². The number of carbonyl (C=O) groups is 1. The van der Waals surface area contributed by atoms with Crippen molar-refractivity contribution < 1.29 is 31.9 Å². The molecule has 0 saturated heterocycles. The predicted molar refractivity (Wildman–Crippen MR) is 105 cm³/mol. The molecule has 0 radical (unpaired) electrons. The van der Waals surface area contributed by atoms with Gasteiger partial charge in [-0.1, -0.05) is 16.8 Å². The number of hydrogen-bond acceptors (Lipinski definition) is 9. The van der Waals surface area contributed by atoms with Gasteiger partial charge in [0.15, 0.2) is 6.61 Å². The van der Waals surface area contributed by atoms with Gasteiger partial charge in [-0.3, -0.25) is 0 Å². The first-order valence-electron chi connectivity index (χ1n) is 8.27. The first kappa shape index (κ1) is 21.6. The van der Waals surface area contributed by atoms with Crippen molar-refractivity contribution in [1.29, 1.82) is 0 Å². The van der Waals surface area contributed by atoms with E-state index in [9.17, 15) is 13.2 Å². The number of ether oxygens (including phenoxy) is 3. The fraction of sp³-hybridized carbons (Fsp3) is 0.167. The summed E-state index contributed by atoms with van der Waals surface area (Å²) in [6.07, 6.45) is 0. The Morgan fingerprint density at radius 1 is 1.17 bits per heavy atom. The molecular formula is C18H16ClN3O7S. The lowest BCUT2D eigenvalue weighted by atomic mass is 10.2. The summed E-state index contributed by atoms with van der Waals surface area (Å²) in [5, 5.41) is 8.82. The molecule has 30 heavy (non-hydrogen) atoms. The average molecular weight is 454 g/mol. The number of primary sulfonamides is 1. The second-order valence-corrected chi connectivity index (χ2v) is 7.78. The molecule has 0 aliphatic heterocycles. The van der Waals surface area contributed by atoms with Gasteiger partial charge >= 0.3 is 5.97 Å². The Balaban J connectivity index is 1.74. The molecule has 158 valence electrons. The van der Waals surface area contributed by atoms with E-state index in [1.54, 1.807) is 18.2 Å². The fourth-order valence-corrected chi connectivity index (χ4v) is 3.54. The lowest BCUT2D eigenvalue weighted by Gasteiger charge is -2.07. The third-order valence-electron chi connectivity index (χ3n) is 3.92. The molecule has 10 nitrogen and oxygen atoms in total. The summed E-state index contributed by atoms with van der Waals surface area (Å²) in [6.45, 7) is -0.336. The fourth-order valence-electron chi connectivity index (χ4n) is 2.47. The standard InChI is InChI=1S/C18H16ClN3O7S/c1-26-11-4-5-12(14(8-11)27-2)17-21-16(29-22-17)9-28-18(23)10-3-6-13(19)15(7-10)30(20,24)25/h3-8H,9H2,1-2H3,(H2,20,24,25). The van der Waals surface area contributed by atoms with Crippen LogP contribution in [0.1, 0.15) is 16.2 Å². The van der Waals surface area contributed by atoms with Gasteiger partial charge in [0.25, 0.3) is 5.89 Å². The zero-order chi connectivity index (χ0) is 21.9. The number of esters is 1. The van der Waals surface area contributed by atoms with Gasteiger partial charge in [-0.2, -0.15) is 4.98 Å². The Bertz CT molecular complexity index is 1190. The van der Waals surface area contributed by atoms with Crippen LogP contribution in [-0.2, 0) is 21.4 Å². The molecule has 2 N–H and O–H groups in total. The highest BCUT2D eigenvalue weighted by Crippen LogP contribution is 2.31. The van der Waals surface area contributed by atoms with Gasteiger partial charge in [0, 0.05) is 6.07 Å². The molecule has 0 atom stereocenters. The van der Waals surface area contributed by atoms with E-state index in [1.807, 2.05) is 0 Å². The average Bonchev–Trinajstić information content (AvgIpc) is 3.19. The van der Waals surface area contributed by atoms with E-state index in [2.05, 4.69) is 10.1 Å². The largest absolute Gasteiger partial charge is 0.497 e. The molecule has 1 heterocycles. The maximum absolute atomic E-state index is 12.2. The number of halogens is 1. The van der Waals surface area contributed by atoms with Crippen LogP contribution in [-0.4, -0.2) is 38.7 Å². The molecule has 0 unspecified atom stereocenters. The first-order valence-corrected chi connectivity index (χ1v) is 10.2. The smallest absolute Gasteiger partial charge is 0.338 e. The van der Waals surface area contributed by atoms with Crippen LogP contribution in [0.3, 0.4) is 0 Å². The molecule has 3 rings (SSSR count). The maximum atomic E-state index is 12.2. The van der Waals surface area contributed by atoms with Gasteiger partial charge in [-0.05, 0) is 30.3 Å². The van der Waals surface area contributed by atoms with Crippen LogP contribution in [0.15, 0.2) is 45.8 Å². The Morgan fingerprint density at radius 3 is 2.60 bits per heavy atom. The number of nitrogens with zero attached hydrogens (tertiary/aromatic N) is 2. The highest BCUT2D eigenvalue weighted by atomic mass is 35.5. The number of carbonyl (C=O) groups excluding carboxylic acids is 1. The SMILES string of the molecule is COc1ccc(-c2noc(COC(=O)c3ccc(Cl)c(S(N)(=O)=O)c3)n2)c(OC)c1. The second-order valence-electron chi connectivity index (χ2n) is 5.84. The number of nitrogens with two attached hydrogens (primary N) is 1. The number of hydrogen-bond donors (Lipinski definition) is 1. The number of aromatic nitrogens is 2. The van der Waals surface area contributed by atoms with Crippen molar-refractivity contribution in [3.8, 4) is 22.9 Å². The molecule has 0 fully saturated rings. The Hall–Kier alpha value is -3.15. The maximum Gasteiger partial charge on any atom is 0.338 e. The molecule has 0 spiro atoms. The van der Waals surface area contributed by atoms with Crippen molar-refractivity contribution in [1.82, 2.24) is 10.1 Å². The van der Waals surface area contributed by atoms with E-state index in [0.29, 0.717) is 17.1 Å². The summed E-state index contributed by atoms with van der Waals surface area (Å²) >= 11 is 5.80. The highest BCUT2D eigenvalue weighted by Gasteiger charge is 2.19. The Kier molecular flexibility index (Phi) is 6.25. The zero-order valence-corrected chi connectivity index (χ0v) is 17.4. The van der Waals surface area contributed by atoms with Gasteiger partial charge in [-0.25, -0.2) is 18.4 Å². The van der Waals surface area contributed by atoms with Gasteiger partial charge in [-0.15, -0.1) is 0 Å². The molecule has 12 heteroatoms. The Morgan fingerprint density at radius 2 is 1.93 bits per heavy atom. The van der Waals surface area contributed by atoms with E-state index in [0.717, 1.165) is 6.07 Å². The molecule has 3 aromatic rings. The third-order valence-corrected chi connectivity index (χ3v) is 5.31. The number of methoxy groups -OCH3 is 2. The second kappa shape index (κ2) is 8.69. The molecule has 0 saturated carbocycles. The summed E-state index contributed by atoms with van der Waals surface area (Å²) in [4.78, 5) is 16.0. The van der Waals surface area contributed by atoms with E-state index >= 15 is 0 Å². The van der Waals surface area contributed by atoms with E-state index in [4.69, 9.17) is 35.5 Å². The summed E-state index contributed by atoms with van der Waals surface area (Å²) < 4.78 is 43.7. The monoisotopic (exact) mass is 453 g/mol. The highest BCUT2D eigenvalue weighted by molar-refractivity contribution is 7.89. The number of rotatable bonds is 7. The topological polar surface area (TPSA) is 144 Å². The summed E-state index contributed by atoms with van der Waals surface area (Å²) in [6, 6.07) is 8.63. The molecule has 0 amide bonds. The van der Waals surface area contributed by atoms with E-state index in [1.165, 1.54) is 26.4 Å². The van der Waals surface area contributed by atoms with Crippen LogP contribution < -0.4 is 14.6 Å². The molecule has 0 aliphatic carbocycles. The first-order chi connectivity index (χ1) is 14.2. The Labute approximate surface area is 176 Å². The number of benzene rings is 2. The van der Waals surface area contributed by atoms with Crippen molar-refractivity contribution in [3.63, 3.8) is 0 Å². The van der Waals surface area contributed by atoms with Crippen LogP contribution in [0.25, 0.3) is 11.4 Å². The van der Waals surface area contributed by atoms with Gasteiger partial charge in [0.05, 0.1) is 30.4 Å². The van der Waals surface area contributed by atoms with Gasteiger partial charge in [0.2, 0.25) is 15.8 Å². The molecular weight excluding hydrogens is 438 g/mol. The number of sulfonamides is 1. The van der Waals surface area contributed by atoms with Crippen molar-refractivity contribution in [2.45, 2.75) is 11.5 Å². The summed E-state index contributed by atoms with van der Waals surface area (Å²) in [5.74, 6) is 0.490. The molecule has 1 aromatic heterocycles. The van der Waals surface area contributed by atoms with Gasteiger partial charge < -0.3 is 18.7 Å². The van der Waals surface area contributed by atoms with E-state index in [-0.39, 0.29) is 33.8 Å². The zero-order valence-electron chi connectivity index (χ0n) is 15.8. The third kappa shape index (κ3) is 4.70. The minimum absolute atomic E-state index is 0.0249. The van der Waals surface area contributed by atoms with Crippen molar-refractivity contribution in [3.05, 3.63) is 52.9 Å². The van der Waals surface area contributed by atoms with Crippen LogP contribution in [0.2, 0.25) is 5.02 Å². The van der Waals surface area contributed by atoms with Crippen LogP contribution >= 0.6 is 11.6 Å². The normalized spacial score (nSPS) is 11.2. The predicted octanol–water partition coefficient (Wildman–Crippen LogP) is 2.41. The molecule has 2 aromatic carbocycles. The van der Waals surface area contributed by atoms with E-state index < -0.39 is 16.0 Å². The summed E-state index contributed by atoms with van der Waals surface area (Å²) in [7, 11) is -1.08. The lowest BCUT2D eigenvalue weighted by molar-refractivity contribution is 0.0429.